The second-order valence-corrected chi connectivity index (χ2v) is 9.32. The molecule has 1 N–H and O–H groups in total. The normalized spacial score (nSPS) is 15.1. The second-order valence-electron chi connectivity index (χ2n) is 7.46. The maximum atomic E-state index is 13.3. The van der Waals surface area contributed by atoms with Crippen LogP contribution in [0.5, 0.6) is 5.75 Å². The Labute approximate surface area is 193 Å². The van der Waals surface area contributed by atoms with Crippen molar-refractivity contribution in [2.24, 2.45) is 0 Å². The lowest BCUT2D eigenvalue weighted by molar-refractivity contribution is 0.0398. The standard InChI is InChI=1S/C24H27N3O5S/c1-30-21-10-6-5-7-19(21)11-12-22-26-24(33(28,29)20-8-3-2-4-9-20)23(32-22)25-13-14-27-15-17-31-18-16-27/h2-12,25H,13-18H2,1H3. The first-order valence-corrected chi connectivity index (χ1v) is 12.2. The number of methoxy groups -OCH3 is 1. The fourth-order valence-electron chi connectivity index (χ4n) is 3.52. The molecule has 9 heteroatoms. The third kappa shape index (κ3) is 5.62. The Bertz CT molecular complexity index is 1190. The summed E-state index contributed by atoms with van der Waals surface area (Å²) in [5, 5.41) is 3.00. The van der Waals surface area contributed by atoms with Gasteiger partial charge in [0.05, 0.1) is 25.2 Å². The number of oxazole rings is 1. The molecule has 4 rings (SSSR count). The highest BCUT2D eigenvalue weighted by atomic mass is 32.2. The molecule has 1 aliphatic rings. The zero-order valence-corrected chi connectivity index (χ0v) is 19.3. The number of sulfone groups is 1. The minimum Gasteiger partial charge on any atom is -0.496 e. The Balaban J connectivity index is 1.60. The van der Waals surface area contributed by atoms with Crippen LogP contribution < -0.4 is 10.1 Å². The molecule has 33 heavy (non-hydrogen) atoms. The molecule has 0 spiro atoms. The minimum atomic E-state index is -3.86. The number of benzene rings is 2. The van der Waals surface area contributed by atoms with Gasteiger partial charge in [0, 0.05) is 37.8 Å². The van der Waals surface area contributed by atoms with E-state index in [-0.39, 0.29) is 21.7 Å². The van der Waals surface area contributed by atoms with Crippen LogP contribution in [0, 0.1) is 0 Å². The first kappa shape index (κ1) is 23.0. The summed E-state index contributed by atoms with van der Waals surface area (Å²) in [7, 11) is -2.26. The topological polar surface area (TPSA) is 93.9 Å². The van der Waals surface area contributed by atoms with E-state index in [0.717, 1.165) is 25.2 Å². The number of hydrogen-bond donors (Lipinski definition) is 1. The van der Waals surface area contributed by atoms with Crippen molar-refractivity contribution in [3.8, 4) is 5.75 Å². The molecule has 0 atom stereocenters. The SMILES string of the molecule is COc1ccccc1C=Cc1nc(S(=O)(=O)c2ccccc2)c(NCCN2CCOCC2)o1. The average Bonchev–Trinajstić information content (AvgIpc) is 3.28. The van der Waals surface area contributed by atoms with Crippen molar-refractivity contribution < 1.29 is 22.3 Å². The monoisotopic (exact) mass is 469 g/mol. The van der Waals surface area contributed by atoms with Gasteiger partial charge in [0.2, 0.25) is 26.6 Å². The first-order chi connectivity index (χ1) is 16.1. The van der Waals surface area contributed by atoms with Crippen LogP contribution in [0.3, 0.4) is 0 Å². The molecule has 1 fully saturated rings. The number of ether oxygens (including phenoxy) is 2. The summed E-state index contributed by atoms with van der Waals surface area (Å²) in [5.74, 6) is 1.01. The van der Waals surface area contributed by atoms with Crippen LogP contribution >= 0.6 is 0 Å². The molecule has 1 saturated heterocycles. The van der Waals surface area contributed by atoms with Crippen LogP contribution in [0.25, 0.3) is 12.2 Å². The number of anilines is 1. The smallest absolute Gasteiger partial charge is 0.233 e. The molecular weight excluding hydrogens is 442 g/mol. The van der Waals surface area contributed by atoms with Gasteiger partial charge in [-0.2, -0.15) is 4.98 Å². The number of nitrogens with zero attached hydrogens (tertiary/aromatic N) is 2. The largest absolute Gasteiger partial charge is 0.496 e. The van der Waals surface area contributed by atoms with Crippen molar-refractivity contribution in [2.45, 2.75) is 9.92 Å². The number of para-hydroxylation sites is 1. The highest BCUT2D eigenvalue weighted by molar-refractivity contribution is 7.91. The number of aromatic nitrogens is 1. The van der Waals surface area contributed by atoms with E-state index < -0.39 is 9.84 Å². The molecule has 0 bridgehead atoms. The molecular formula is C24H27N3O5S. The second kappa shape index (κ2) is 10.7. The van der Waals surface area contributed by atoms with Crippen molar-refractivity contribution in [3.63, 3.8) is 0 Å². The van der Waals surface area contributed by atoms with Crippen LogP contribution in [-0.2, 0) is 14.6 Å². The van der Waals surface area contributed by atoms with Gasteiger partial charge in [-0.25, -0.2) is 8.42 Å². The van der Waals surface area contributed by atoms with Crippen molar-refractivity contribution in [3.05, 3.63) is 66.1 Å². The Morgan fingerprint density at radius 3 is 2.55 bits per heavy atom. The molecule has 8 nitrogen and oxygen atoms in total. The third-order valence-electron chi connectivity index (χ3n) is 5.28. The highest BCUT2D eigenvalue weighted by Crippen LogP contribution is 2.29. The molecule has 2 aromatic carbocycles. The van der Waals surface area contributed by atoms with Crippen molar-refractivity contribution in [2.75, 3.05) is 51.8 Å². The predicted molar refractivity (Wildman–Crippen MR) is 126 cm³/mol. The van der Waals surface area contributed by atoms with Gasteiger partial charge in [0.25, 0.3) is 0 Å². The molecule has 0 amide bonds. The van der Waals surface area contributed by atoms with Crippen LogP contribution in [0.4, 0.5) is 5.88 Å². The lowest BCUT2D eigenvalue weighted by Gasteiger charge is -2.26. The molecule has 1 aromatic heterocycles. The van der Waals surface area contributed by atoms with Gasteiger partial charge in [-0.05, 0) is 24.3 Å². The lowest BCUT2D eigenvalue weighted by atomic mass is 10.2. The quantitative estimate of drug-likeness (QED) is 0.510. The fourth-order valence-corrected chi connectivity index (χ4v) is 4.82. The molecule has 2 heterocycles. The molecule has 1 aliphatic heterocycles. The fraction of sp³-hybridized carbons (Fsp3) is 0.292. The van der Waals surface area contributed by atoms with Gasteiger partial charge in [-0.3, -0.25) is 4.90 Å². The zero-order valence-electron chi connectivity index (χ0n) is 18.4. The molecule has 0 radical (unpaired) electrons. The summed E-state index contributed by atoms with van der Waals surface area (Å²) in [4.78, 5) is 6.73. The van der Waals surface area contributed by atoms with E-state index in [9.17, 15) is 8.42 Å². The third-order valence-corrected chi connectivity index (χ3v) is 6.96. The van der Waals surface area contributed by atoms with Crippen molar-refractivity contribution in [1.82, 2.24) is 9.88 Å². The van der Waals surface area contributed by atoms with Gasteiger partial charge >= 0.3 is 0 Å². The summed E-state index contributed by atoms with van der Waals surface area (Å²) < 4.78 is 43.1. The minimum absolute atomic E-state index is 0.129. The van der Waals surface area contributed by atoms with Crippen LogP contribution in [0.2, 0.25) is 0 Å². The van der Waals surface area contributed by atoms with E-state index >= 15 is 0 Å². The molecule has 0 saturated carbocycles. The molecule has 0 aliphatic carbocycles. The maximum absolute atomic E-state index is 13.3. The van der Waals surface area contributed by atoms with Crippen LogP contribution in [0.15, 0.2) is 68.9 Å². The van der Waals surface area contributed by atoms with Gasteiger partial charge in [0.15, 0.2) is 0 Å². The zero-order chi connectivity index (χ0) is 23.1. The summed E-state index contributed by atoms with van der Waals surface area (Å²) in [6.45, 7) is 4.35. The van der Waals surface area contributed by atoms with E-state index in [1.165, 1.54) is 0 Å². The lowest BCUT2D eigenvalue weighted by Crippen LogP contribution is -2.39. The van der Waals surface area contributed by atoms with E-state index in [0.29, 0.717) is 25.5 Å². The van der Waals surface area contributed by atoms with Crippen LogP contribution in [0.1, 0.15) is 11.5 Å². The summed E-state index contributed by atoms with van der Waals surface area (Å²) >= 11 is 0. The highest BCUT2D eigenvalue weighted by Gasteiger charge is 2.27. The molecule has 0 unspecified atom stereocenters. The van der Waals surface area contributed by atoms with E-state index in [1.54, 1.807) is 49.6 Å². The van der Waals surface area contributed by atoms with Crippen molar-refractivity contribution >= 4 is 27.9 Å². The first-order valence-electron chi connectivity index (χ1n) is 10.7. The summed E-state index contributed by atoms with van der Waals surface area (Å²) in [6, 6.07) is 15.7. The summed E-state index contributed by atoms with van der Waals surface area (Å²) in [6.07, 6.45) is 3.41. The summed E-state index contributed by atoms with van der Waals surface area (Å²) in [5.41, 5.74) is 0.826. The number of nitrogens with one attached hydrogen (secondary N) is 1. The Kier molecular flexibility index (Phi) is 7.43. The molecule has 3 aromatic rings. The molecule has 174 valence electrons. The Morgan fingerprint density at radius 1 is 1.06 bits per heavy atom. The van der Waals surface area contributed by atoms with E-state index in [1.807, 2.05) is 24.3 Å². The number of rotatable bonds is 9. The number of morpholine rings is 1. The average molecular weight is 470 g/mol. The van der Waals surface area contributed by atoms with Crippen LogP contribution in [-0.4, -0.2) is 64.8 Å². The predicted octanol–water partition coefficient (Wildman–Crippen LogP) is 3.43. The van der Waals surface area contributed by atoms with Crippen molar-refractivity contribution in [1.29, 1.82) is 0 Å². The Hall–Kier alpha value is -3.14. The van der Waals surface area contributed by atoms with Gasteiger partial charge in [0.1, 0.15) is 5.75 Å². The van der Waals surface area contributed by atoms with Gasteiger partial charge in [-0.15, -0.1) is 0 Å². The van der Waals surface area contributed by atoms with E-state index in [4.69, 9.17) is 13.9 Å². The Morgan fingerprint density at radius 2 is 1.79 bits per heavy atom. The van der Waals surface area contributed by atoms with Gasteiger partial charge < -0.3 is 19.2 Å². The van der Waals surface area contributed by atoms with Gasteiger partial charge in [-0.1, -0.05) is 36.4 Å². The van der Waals surface area contributed by atoms with E-state index in [2.05, 4.69) is 15.2 Å². The maximum Gasteiger partial charge on any atom is 0.233 e. The number of hydrogen-bond acceptors (Lipinski definition) is 8.